The number of anilines is 3. The molecule has 11 rings (SSSR count). The van der Waals surface area contributed by atoms with Gasteiger partial charge in [-0.15, -0.1) is 11.3 Å². The number of nitrogens with zero attached hydrogens (tertiary/aromatic N) is 3. The third kappa shape index (κ3) is 3.99. The van der Waals surface area contributed by atoms with E-state index in [1.54, 1.807) is 0 Å². The first-order valence-corrected chi connectivity index (χ1v) is 18.3. The Hall–Kier alpha value is -6.10. The summed E-state index contributed by atoms with van der Waals surface area (Å²) in [6.45, 7) is 4.76. The minimum Gasteiger partial charge on any atom is -0.277 e. The standard InChI is InChI=1S/C47H31N3S/c1-47(2)37-20-10-11-21-38(37)50(44-41(47)34-18-8-7-17-33(34)40-35-19-9-12-22-39(35)51-45(40)44)46-48-42(31-24-23-28-13-3-4-15-30(28)27-31)36-26-25-29-14-5-6-16-32(29)43(36)49-46/h3-27H,1-2H3. The molecule has 3 nitrogen and oxygen atoms in total. The van der Waals surface area contributed by atoms with Gasteiger partial charge in [-0.05, 0) is 62.3 Å². The molecule has 0 fully saturated rings. The van der Waals surface area contributed by atoms with Crippen molar-refractivity contribution in [2.24, 2.45) is 0 Å². The average Bonchev–Trinajstić information content (AvgIpc) is 3.57. The van der Waals surface area contributed by atoms with Gasteiger partial charge in [-0.3, -0.25) is 4.90 Å². The van der Waals surface area contributed by atoms with Crippen molar-refractivity contribution < 1.29 is 0 Å². The summed E-state index contributed by atoms with van der Waals surface area (Å²) in [4.78, 5) is 13.6. The van der Waals surface area contributed by atoms with E-state index in [0.717, 1.165) is 38.6 Å². The van der Waals surface area contributed by atoms with Crippen molar-refractivity contribution in [3.05, 3.63) is 163 Å². The van der Waals surface area contributed by atoms with Gasteiger partial charge in [0, 0.05) is 37.2 Å². The Balaban J connectivity index is 1.32. The van der Waals surface area contributed by atoms with E-state index < -0.39 is 0 Å². The van der Waals surface area contributed by atoms with E-state index in [1.807, 2.05) is 11.3 Å². The van der Waals surface area contributed by atoms with Crippen molar-refractivity contribution in [1.29, 1.82) is 0 Å². The second-order valence-corrected chi connectivity index (χ2v) is 15.2. The van der Waals surface area contributed by atoms with Crippen LogP contribution in [0.25, 0.3) is 74.6 Å². The van der Waals surface area contributed by atoms with Gasteiger partial charge in [-0.1, -0.05) is 141 Å². The predicted octanol–water partition coefficient (Wildman–Crippen LogP) is 13.2. The van der Waals surface area contributed by atoms with Crippen LogP contribution in [0.1, 0.15) is 25.0 Å². The van der Waals surface area contributed by atoms with Crippen LogP contribution in [0.4, 0.5) is 17.3 Å². The van der Waals surface area contributed by atoms with E-state index in [2.05, 4.69) is 170 Å². The number of aromatic nitrogens is 2. The zero-order chi connectivity index (χ0) is 33.8. The molecule has 0 saturated carbocycles. The van der Waals surface area contributed by atoms with Crippen molar-refractivity contribution in [3.8, 4) is 11.3 Å². The maximum absolute atomic E-state index is 5.61. The normalized spacial score (nSPS) is 13.8. The van der Waals surface area contributed by atoms with Gasteiger partial charge in [0.25, 0.3) is 0 Å². The molecule has 1 aliphatic rings. The molecule has 0 amide bonds. The van der Waals surface area contributed by atoms with Crippen LogP contribution in [0.5, 0.6) is 0 Å². The minimum absolute atomic E-state index is 0.281. The fourth-order valence-corrected chi connectivity index (χ4v) is 9.91. The van der Waals surface area contributed by atoms with E-state index >= 15 is 0 Å². The van der Waals surface area contributed by atoms with Crippen LogP contribution in [0.2, 0.25) is 0 Å². The summed E-state index contributed by atoms with van der Waals surface area (Å²) in [6, 6.07) is 54.9. The number of fused-ring (bicyclic) bond motifs is 13. The molecule has 8 aromatic carbocycles. The minimum atomic E-state index is -0.281. The second-order valence-electron chi connectivity index (χ2n) is 14.2. The molecule has 10 aromatic rings. The van der Waals surface area contributed by atoms with Crippen molar-refractivity contribution in [2.75, 3.05) is 4.90 Å². The zero-order valence-electron chi connectivity index (χ0n) is 28.2. The molecular weight excluding hydrogens is 639 g/mol. The van der Waals surface area contributed by atoms with Gasteiger partial charge < -0.3 is 0 Å². The van der Waals surface area contributed by atoms with E-state index in [0.29, 0.717) is 5.95 Å². The summed E-state index contributed by atoms with van der Waals surface area (Å²) in [7, 11) is 0. The van der Waals surface area contributed by atoms with E-state index in [-0.39, 0.29) is 5.41 Å². The van der Waals surface area contributed by atoms with Crippen LogP contribution in [0, 0.1) is 0 Å². The highest BCUT2D eigenvalue weighted by atomic mass is 32.1. The molecule has 0 unspecified atom stereocenters. The molecule has 240 valence electrons. The average molecular weight is 670 g/mol. The Morgan fingerprint density at radius 1 is 0.549 bits per heavy atom. The van der Waals surface area contributed by atoms with Crippen molar-refractivity contribution in [2.45, 2.75) is 19.3 Å². The molecule has 0 aliphatic carbocycles. The Bertz CT molecular complexity index is 3080. The predicted molar refractivity (Wildman–Crippen MR) is 217 cm³/mol. The number of thiophene rings is 1. The van der Waals surface area contributed by atoms with Crippen LogP contribution in [0.15, 0.2) is 152 Å². The smallest absolute Gasteiger partial charge is 0.235 e. The van der Waals surface area contributed by atoms with E-state index in [1.165, 1.54) is 58.5 Å². The molecule has 3 heterocycles. The summed E-state index contributed by atoms with van der Waals surface area (Å²) in [5.41, 5.74) is 7.56. The molecule has 0 bridgehead atoms. The van der Waals surface area contributed by atoms with Gasteiger partial charge in [0.2, 0.25) is 5.95 Å². The number of rotatable bonds is 2. The Kier molecular flexibility index (Phi) is 5.89. The molecule has 0 saturated heterocycles. The van der Waals surface area contributed by atoms with Crippen molar-refractivity contribution in [1.82, 2.24) is 9.97 Å². The summed E-state index contributed by atoms with van der Waals surface area (Å²) in [6.07, 6.45) is 0. The SMILES string of the molecule is CC1(C)c2ccccc2N(c2nc(-c3ccc4ccccc4c3)c3ccc4ccccc4c3n2)c2c1c1ccccc1c1c2sc2ccccc21. The quantitative estimate of drug-likeness (QED) is 0.172. The summed E-state index contributed by atoms with van der Waals surface area (Å²) in [5.74, 6) is 0.681. The highest BCUT2D eigenvalue weighted by molar-refractivity contribution is 7.26. The first-order valence-electron chi connectivity index (χ1n) is 17.5. The van der Waals surface area contributed by atoms with Crippen LogP contribution in [-0.4, -0.2) is 9.97 Å². The van der Waals surface area contributed by atoms with Gasteiger partial charge in [0.15, 0.2) is 0 Å². The summed E-state index contributed by atoms with van der Waals surface area (Å²) in [5, 5.41) is 10.9. The first kappa shape index (κ1) is 28.7. The first-order chi connectivity index (χ1) is 25.1. The Morgan fingerprint density at radius 3 is 2.08 bits per heavy atom. The van der Waals surface area contributed by atoms with Crippen molar-refractivity contribution >= 4 is 92.1 Å². The molecule has 51 heavy (non-hydrogen) atoms. The van der Waals surface area contributed by atoms with Gasteiger partial charge in [0.1, 0.15) is 0 Å². The Labute approximate surface area is 299 Å². The van der Waals surface area contributed by atoms with Crippen LogP contribution >= 0.6 is 11.3 Å². The molecule has 0 atom stereocenters. The third-order valence-electron chi connectivity index (χ3n) is 11.0. The number of benzene rings is 8. The number of hydrogen-bond donors (Lipinski definition) is 0. The third-order valence-corrected chi connectivity index (χ3v) is 12.2. The van der Waals surface area contributed by atoms with Gasteiger partial charge in [-0.25, -0.2) is 9.97 Å². The fourth-order valence-electron chi connectivity index (χ4n) is 8.65. The maximum atomic E-state index is 5.61. The highest BCUT2D eigenvalue weighted by Gasteiger charge is 2.41. The van der Waals surface area contributed by atoms with Gasteiger partial charge in [0.05, 0.1) is 27.3 Å². The van der Waals surface area contributed by atoms with E-state index in [9.17, 15) is 0 Å². The van der Waals surface area contributed by atoms with Gasteiger partial charge in [-0.2, -0.15) is 0 Å². The number of para-hydroxylation sites is 1. The van der Waals surface area contributed by atoms with Gasteiger partial charge >= 0.3 is 0 Å². The molecule has 0 spiro atoms. The van der Waals surface area contributed by atoms with Crippen LogP contribution in [0.3, 0.4) is 0 Å². The van der Waals surface area contributed by atoms with Crippen molar-refractivity contribution in [3.63, 3.8) is 0 Å². The monoisotopic (exact) mass is 669 g/mol. The van der Waals surface area contributed by atoms with Crippen LogP contribution < -0.4 is 4.90 Å². The molecule has 1 aliphatic heterocycles. The summed E-state index contributed by atoms with van der Waals surface area (Å²) < 4.78 is 2.55. The second kappa shape index (κ2) is 10.5. The molecule has 0 N–H and O–H groups in total. The lowest BCUT2D eigenvalue weighted by Crippen LogP contribution is -2.31. The molecule has 0 radical (unpaired) electrons. The molecule has 2 aromatic heterocycles. The highest BCUT2D eigenvalue weighted by Crippen LogP contribution is 2.58. The lowest BCUT2D eigenvalue weighted by Gasteiger charge is -2.42. The fraction of sp³-hybridized carbons (Fsp3) is 0.0638. The summed E-state index contributed by atoms with van der Waals surface area (Å²) >= 11 is 1.88. The zero-order valence-corrected chi connectivity index (χ0v) is 29.0. The lowest BCUT2D eigenvalue weighted by molar-refractivity contribution is 0.638. The topological polar surface area (TPSA) is 29.0 Å². The maximum Gasteiger partial charge on any atom is 0.235 e. The largest absolute Gasteiger partial charge is 0.277 e. The molecule has 4 heteroatoms. The Morgan fingerprint density at radius 2 is 1.22 bits per heavy atom. The van der Waals surface area contributed by atoms with Crippen LogP contribution in [-0.2, 0) is 5.41 Å². The van der Waals surface area contributed by atoms with E-state index in [4.69, 9.17) is 9.97 Å². The molecular formula is C47H31N3S. The number of hydrogen-bond acceptors (Lipinski definition) is 4. The lowest BCUT2D eigenvalue weighted by atomic mass is 9.71.